The smallest absolute Gasteiger partial charge is 0.276 e. The van der Waals surface area contributed by atoms with E-state index in [1.54, 1.807) is 11.0 Å². The zero-order valence-corrected chi connectivity index (χ0v) is 17.1. The summed E-state index contributed by atoms with van der Waals surface area (Å²) in [5, 5.41) is 3.99. The van der Waals surface area contributed by atoms with Crippen molar-refractivity contribution in [2.45, 2.75) is 45.8 Å². The second-order valence-corrected chi connectivity index (χ2v) is 7.74. The van der Waals surface area contributed by atoms with Crippen molar-refractivity contribution in [1.29, 1.82) is 0 Å². The van der Waals surface area contributed by atoms with Crippen LogP contribution in [0.15, 0.2) is 53.1 Å². The maximum absolute atomic E-state index is 13.0. The van der Waals surface area contributed by atoms with Gasteiger partial charge in [0.2, 0.25) is 0 Å². The Morgan fingerprint density at radius 3 is 2.83 bits per heavy atom. The monoisotopic (exact) mass is 390 g/mol. The van der Waals surface area contributed by atoms with Crippen molar-refractivity contribution < 1.29 is 14.1 Å². The number of ether oxygens (including phenoxy) is 1. The fourth-order valence-corrected chi connectivity index (χ4v) is 3.89. The van der Waals surface area contributed by atoms with Crippen LogP contribution in [-0.2, 0) is 13.0 Å². The van der Waals surface area contributed by atoms with E-state index in [9.17, 15) is 4.79 Å². The number of benzene rings is 2. The molecule has 3 aromatic rings. The third-order valence-electron chi connectivity index (χ3n) is 5.76. The van der Waals surface area contributed by atoms with Crippen LogP contribution >= 0.6 is 0 Å². The number of hydrogen-bond acceptors (Lipinski definition) is 4. The standard InChI is InChI=1S/C24H26N2O3/c1-16-11-12-19(13-17(16)2)28-15-20-14-22(25-29-20)24(27)26(3)23-10-6-8-18-7-4-5-9-21(18)23/h4-5,7,9,11-14,23H,6,8,10,15H2,1-3H3. The SMILES string of the molecule is Cc1ccc(OCc2cc(C(=O)N(C)C3CCCc4ccccc43)no2)cc1C. The van der Waals surface area contributed by atoms with E-state index in [4.69, 9.17) is 9.26 Å². The van der Waals surface area contributed by atoms with Gasteiger partial charge in [0.25, 0.3) is 5.91 Å². The normalized spacial score (nSPS) is 15.6. The second-order valence-electron chi connectivity index (χ2n) is 7.74. The van der Waals surface area contributed by atoms with Gasteiger partial charge in [-0.25, -0.2) is 0 Å². The number of nitrogens with zero attached hydrogens (tertiary/aromatic N) is 2. The largest absolute Gasteiger partial charge is 0.486 e. The summed E-state index contributed by atoms with van der Waals surface area (Å²) in [6.45, 7) is 4.35. The van der Waals surface area contributed by atoms with E-state index in [2.05, 4.69) is 30.3 Å². The van der Waals surface area contributed by atoms with Crippen LogP contribution in [0.25, 0.3) is 0 Å². The van der Waals surface area contributed by atoms with Crippen molar-refractivity contribution in [1.82, 2.24) is 10.1 Å². The molecule has 0 saturated carbocycles. The summed E-state index contributed by atoms with van der Waals surface area (Å²) >= 11 is 0. The van der Waals surface area contributed by atoms with E-state index < -0.39 is 0 Å². The summed E-state index contributed by atoms with van der Waals surface area (Å²) in [7, 11) is 1.84. The Morgan fingerprint density at radius 1 is 1.17 bits per heavy atom. The molecule has 29 heavy (non-hydrogen) atoms. The zero-order chi connectivity index (χ0) is 20.4. The van der Waals surface area contributed by atoms with Gasteiger partial charge in [0.05, 0.1) is 6.04 Å². The third-order valence-corrected chi connectivity index (χ3v) is 5.76. The average molecular weight is 390 g/mol. The Labute approximate surface area is 171 Å². The van der Waals surface area contributed by atoms with Gasteiger partial charge in [-0.2, -0.15) is 0 Å². The van der Waals surface area contributed by atoms with Gasteiger partial charge in [-0.15, -0.1) is 0 Å². The molecule has 0 saturated heterocycles. The van der Waals surface area contributed by atoms with E-state index in [0.29, 0.717) is 11.5 Å². The summed E-state index contributed by atoms with van der Waals surface area (Å²) in [6, 6.07) is 16.1. The number of carbonyl (C=O) groups is 1. The second kappa shape index (κ2) is 8.11. The van der Waals surface area contributed by atoms with Crippen LogP contribution in [0.1, 0.15) is 57.4 Å². The number of hydrogen-bond donors (Lipinski definition) is 0. The Balaban J connectivity index is 1.44. The average Bonchev–Trinajstić information content (AvgIpc) is 3.22. The van der Waals surface area contributed by atoms with Crippen molar-refractivity contribution in [3.63, 3.8) is 0 Å². The highest BCUT2D eigenvalue weighted by Gasteiger charge is 2.28. The topological polar surface area (TPSA) is 55.6 Å². The minimum Gasteiger partial charge on any atom is -0.486 e. The highest BCUT2D eigenvalue weighted by atomic mass is 16.5. The van der Waals surface area contributed by atoms with Gasteiger partial charge in [-0.1, -0.05) is 35.5 Å². The molecule has 150 valence electrons. The van der Waals surface area contributed by atoms with E-state index >= 15 is 0 Å². The Bertz CT molecular complexity index is 1020. The predicted molar refractivity (Wildman–Crippen MR) is 111 cm³/mol. The van der Waals surface area contributed by atoms with Crippen LogP contribution in [0.3, 0.4) is 0 Å². The molecule has 0 N–H and O–H groups in total. The molecule has 0 bridgehead atoms. The number of carbonyl (C=O) groups excluding carboxylic acids is 1. The number of rotatable bonds is 5. The molecule has 1 heterocycles. The molecule has 0 fully saturated rings. The maximum atomic E-state index is 13.0. The van der Waals surface area contributed by atoms with E-state index in [-0.39, 0.29) is 18.6 Å². The summed E-state index contributed by atoms with van der Waals surface area (Å²) in [6.07, 6.45) is 3.10. The van der Waals surface area contributed by atoms with Crippen LogP contribution in [0.2, 0.25) is 0 Å². The van der Waals surface area contributed by atoms with Crippen LogP contribution in [-0.4, -0.2) is 23.0 Å². The van der Waals surface area contributed by atoms with Crippen molar-refractivity contribution in [2.24, 2.45) is 0 Å². The molecule has 1 atom stereocenters. The molecule has 5 heteroatoms. The zero-order valence-electron chi connectivity index (χ0n) is 17.1. The van der Waals surface area contributed by atoms with Crippen molar-refractivity contribution in [3.05, 3.63) is 82.2 Å². The minimum atomic E-state index is -0.132. The van der Waals surface area contributed by atoms with Crippen molar-refractivity contribution >= 4 is 5.91 Å². The van der Waals surface area contributed by atoms with Gasteiger partial charge in [-0.3, -0.25) is 4.79 Å². The number of aromatic nitrogens is 1. The summed E-state index contributed by atoms with van der Waals surface area (Å²) < 4.78 is 11.1. The fraction of sp³-hybridized carbons (Fsp3) is 0.333. The molecule has 0 aliphatic heterocycles. The molecule has 1 amide bonds. The number of amides is 1. The Kier molecular flexibility index (Phi) is 5.38. The number of aryl methyl sites for hydroxylation is 3. The lowest BCUT2D eigenvalue weighted by molar-refractivity contribution is 0.0704. The lowest BCUT2D eigenvalue weighted by Gasteiger charge is -2.32. The summed E-state index contributed by atoms with van der Waals surface area (Å²) in [5.74, 6) is 1.17. The van der Waals surface area contributed by atoms with Gasteiger partial charge < -0.3 is 14.2 Å². The Hall–Kier alpha value is -3.08. The van der Waals surface area contributed by atoms with Gasteiger partial charge in [0.1, 0.15) is 12.4 Å². The predicted octanol–water partition coefficient (Wildman–Crippen LogP) is 5.02. The van der Waals surface area contributed by atoms with Crippen LogP contribution < -0.4 is 4.74 Å². The first-order valence-electron chi connectivity index (χ1n) is 10.0. The molecule has 1 aromatic heterocycles. The summed E-state index contributed by atoms with van der Waals surface area (Å²) in [5.41, 5.74) is 5.26. The first-order valence-corrected chi connectivity index (χ1v) is 10.0. The lowest BCUT2D eigenvalue weighted by atomic mass is 9.87. The minimum absolute atomic E-state index is 0.0689. The highest BCUT2D eigenvalue weighted by molar-refractivity contribution is 5.92. The first kappa shape index (κ1) is 19.2. The van der Waals surface area contributed by atoms with Gasteiger partial charge in [0.15, 0.2) is 11.5 Å². The fourth-order valence-electron chi connectivity index (χ4n) is 3.89. The highest BCUT2D eigenvalue weighted by Crippen LogP contribution is 2.34. The first-order chi connectivity index (χ1) is 14.0. The van der Waals surface area contributed by atoms with Gasteiger partial charge in [0, 0.05) is 13.1 Å². The van der Waals surface area contributed by atoms with Crippen LogP contribution in [0.5, 0.6) is 5.75 Å². The molecular formula is C24H26N2O3. The number of fused-ring (bicyclic) bond motifs is 1. The molecule has 2 aromatic carbocycles. The third kappa shape index (κ3) is 4.04. The van der Waals surface area contributed by atoms with Crippen LogP contribution in [0, 0.1) is 13.8 Å². The molecule has 0 radical (unpaired) electrons. The van der Waals surface area contributed by atoms with E-state index in [1.807, 2.05) is 38.2 Å². The Morgan fingerprint density at radius 2 is 2.00 bits per heavy atom. The van der Waals surface area contributed by atoms with E-state index in [0.717, 1.165) is 25.0 Å². The lowest BCUT2D eigenvalue weighted by Crippen LogP contribution is -2.33. The quantitative estimate of drug-likeness (QED) is 0.614. The maximum Gasteiger partial charge on any atom is 0.276 e. The molecule has 1 aliphatic rings. The molecule has 1 unspecified atom stereocenters. The van der Waals surface area contributed by atoms with Crippen LogP contribution in [0.4, 0.5) is 0 Å². The molecule has 5 nitrogen and oxygen atoms in total. The summed E-state index contributed by atoms with van der Waals surface area (Å²) in [4.78, 5) is 14.8. The van der Waals surface area contributed by atoms with Crippen molar-refractivity contribution in [2.75, 3.05) is 7.05 Å². The van der Waals surface area contributed by atoms with E-state index in [1.165, 1.54) is 22.3 Å². The van der Waals surface area contributed by atoms with Gasteiger partial charge >= 0.3 is 0 Å². The molecule has 1 aliphatic carbocycles. The molecule has 0 spiro atoms. The van der Waals surface area contributed by atoms with Gasteiger partial charge in [-0.05, 0) is 67.5 Å². The molecular weight excluding hydrogens is 364 g/mol. The molecule has 4 rings (SSSR count). The van der Waals surface area contributed by atoms with Crippen molar-refractivity contribution in [3.8, 4) is 5.75 Å².